The molecule has 0 aliphatic rings. The molecule has 2 heteroatoms. The zero-order valence-electron chi connectivity index (χ0n) is 5.83. The molecular weight excluding hydrogens is 128 g/mol. The Morgan fingerprint density at radius 2 is 2.10 bits per heavy atom. The van der Waals surface area contributed by atoms with Crippen LogP contribution in [0.25, 0.3) is 0 Å². The standard InChI is InChI=1S/C8H9O2/c1-7-4-2-3-5-8(7)10-6-9/h2-5H,6H2,1H3/q-1. The Bertz CT molecular complexity index is 208. The largest absolute Gasteiger partial charge is 0.824 e. The van der Waals surface area contributed by atoms with Gasteiger partial charge in [0.2, 0.25) is 0 Å². The summed E-state index contributed by atoms with van der Waals surface area (Å²) in [5.74, 6) is 0.678. The van der Waals surface area contributed by atoms with Gasteiger partial charge in [-0.1, -0.05) is 18.2 Å². The van der Waals surface area contributed by atoms with E-state index in [4.69, 9.17) is 4.74 Å². The van der Waals surface area contributed by atoms with E-state index < -0.39 is 6.79 Å². The number of aryl methyl sites for hydroxylation is 1. The number of benzene rings is 1. The first-order valence-electron chi connectivity index (χ1n) is 3.11. The SMILES string of the molecule is Cc1ccccc1OC[O-]. The van der Waals surface area contributed by atoms with E-state index >= 15 is 0 Å². The Morgan fingerprint density at radius 1 is 1.40 bits per heavy atom. The molecule has 0 bridgehead atoms. The van der Waals surface area contributed by atoms with Gasteiger partial charge in [-0.15, -0.1) is 0 Å². The molecule has 1 rings (SSSR count). The lowest BCUT2D eigenvalue weighted by Gasteiger charge is -2.09. The predicted octanol–water partition coefficient (Wildman–Crippen LogP) is 0.692. The second-order valence-electron chi connectivity index (χ2n) is 2.03. The van der Waals surface area contributed by atoms with E-state index in [0.717, 1.165) is 5.56 Å². The van der Waals surface area contributed by atoms with Crippen LogP contribution in [0.1, 0.15) is 5.56 Å². The zero-order chi connectivity index (χ0) is 7.40. The summed E-state index contributed by atoms with van der Waals surface area (Å²) < 4.78 is 4.78. The van der Waals surface area contributed by atoms with Crippen LogP contribution in [0, 0.1) is 6.92 Å². The highest BCUT2D eigenvalue weighted by Crippen LogP contribution is 2.14. The molecule has 0 N–H and O–H groups in total. The van der Waals surface area contributed by atoms with Gasteiger partial charge in [-0.25, -0.2) is 0 Å². The van der Waals surface area contributed by atoms with E-state index in [1.54, 1.807) is 6.07 Å². The lowest BCUT2D eigenvalue weighted by atomic mass is 10.2. The second-order valence-corrected chi connectivity index (χ2v) is 2.03. The number of ether oxygens (including phenoxy) is 1. The van der Waals surface area contributed by atoms with Crippen LogP contribution in [0.2, 0.25) is 0 Å². The zero-order valence-corrected chi connectivity index (χ0v) is 5.83. The van der Waals surface area contributed by atoms with Gasteiger partial charge in [-0.3, -0.25) is 0 Å². The molecule has 0 spiro atoms. The van der Waals surface area contributed by atoms with Crippen molar-refractivity contribution in [2.75, 3.05) is 6.79 Å². The quantitative estimate of drug-likeness (QED) is 0.562. The van der Waals surface area contributed by atoms with Crippen LogP contribution in [0.5, 0.6) is 5.75 Å². The maximum atomic E-state index is 10.0. The van der Waals surface area contributed by atoms with Crippen LogP contribution < -0.4 is 9.84 Å². The molecule has 1 aromatic rings. The van der Waals surface area contributed by atoms with Crippen LogP contribution in [-0.2, 0) is 0 Å². The van der Waals surface area contributed by atoms with Gasteiger partial charge in [-0.05, 0) is 18.6 Å². The third kappa shape index (κ3) is 1.48. The molecule has 0 saturated heterocycles. The summed E-state index contributed by atoms with van der Waals surface area (Å²) in [5.41, 5.74) is 0.998. The highest BCUT2D eigenvalue weighted by molar-refractivity contribution is 5.31. The fourth-order valence-corrected chi connectivity index (χ4v) is 0.782. The number of hydrogen-bond acceptors (Lipinski definition) is 2. The van der Waals surface area contributed by atoms with Crippen LogP contribution in [0.15, 0.2) is 24.3 Å². The minimum absolute atomic E-state index is 0.509. The van der Waals surface area contributed by atoms with Gasteiger partial charge in [0.1, 0.15) is 5.75 Å². The Balaban J connectivity index is 2.81. The van der Waals surface area contributed by atoms with E-state index in [9.17, 15) is 5.11 Å². The van der Waals surface area contributed by atoms with Crippen LogP contribution in [-0.4, -0.2) is 6.79 Å². The van der Waals surface area contributed by atoms with E-state index in [2.05, 4.69) is 0 Å². The summed E-state index contributed by atoms with van der Waals surface area (Å²) in [5, 5.41) is 10.0. The van der Waals surface area contributed by atoms with Crippen molar-refractivity contribution in [3.05, 3.63) is 29.8 Å². The molecule has 0 aliphatic heterocycles. The minimum atomic E-state index is -0.509. The van der Waals surface area contributed by atoms with Crippen LogP contribution >= 0.6 is 0 Å². The molecule has 0 radical (unpaired) electrons. The maximum absolute atomic E-state index is 10.0. The Morgan fingerprint density at radius 3 is 2.70 bits per heavy atom. The van der Waals surface area contributed by atoms with Gasteiger partial charge in [0.15, 0.2) is 0 Å². The van der Waals surface area contributed by atoms with Crippen LogP contribution in [0.3, 0.4) is 0 Å². The molecule has 0 unspecified atom stereocenters. The topological polar surface area (TPSA) is 32.3 Å². The van der Waals surface area contributed by atoms with E-state index in [1.165, 1.54) is 0 Å². The predicted molar refractivity (Wildman–Crippen MR) is 36.7 cm³/mol. The molecule has 10 heavy (non-hydrogen) atoms. The summed E-state index contributed by atoms with van der Waals surface area (Å²) in [6.45, 7) is 1.40. The summed E-state index contributed by atoms with van der Waals surface area (Å²) in [7, 11) is 0. The summed E-state index contributed by atoms with van der Waals surface area (Å²) in [4.78, 5) is 0. The molecule has 2 nitrogen and oxygen atoms in total. The van der Waals surface area contributed by atoms with Crippen LogP contribution in [0.4, 0.5) is 0 Å². The first-order valence-corrected chi connectivity index (χ1v) is 3.11. The smallest absolute Gasteiger partial charge is 0.120 e. The summed E-state index contributed by atoms with van der Waals surface area (Å²) in [6.07, 6.45) is 0. The van der Waals surface area contributed by atoms with Crippen molar-refractivity contribution >= 4 is 0 Å². The fourth-order valence-electron chi connectivity index (χ4n) is 0.782. The summed E-state index contributed by atoms with van der Waals surface area (Å²) in [6, 6.07) is 7.45. The molecule has 0 heterocycles. The summed E-state index contributed by atoms with van der Waals surface area (Å²) >= 11 is 0. The highest BCUT2D eigenvalue weighted by Gasteiger charge is 1.91. The Hall–Kier alpha value is -1.02. The Kier molecular flexibility index (Phi) is 2.29. The Labute approximate surface area is 60.1 Å². The van der Waals surface area contributed by atoms with Crippen molar-refractivity contribution in [1.82, 2.24) is 0 Å². The van der Waals surface area contributed by atoms with Gasteiger partial charge in [-0.2, -0.15) is 0 Å². The average Bonchev–Trinajstić information content (AvgIpc) is 1.94. The van der Waals surface area contributed by atoms with Gasteiger partial charge in [0, 0.05) is 6.79 Å². The third-order valence-electron chi connectivity index (χ3n) is 1.31. The molecule has 54 valence electrons. The lowest BCUT2D eigenvalue weighted by Crippen LogP contribution is -2.13. The minimum Gasteiger partial charge on any atom is -0.824 e. The fraction of sp³-hybridized carbons (Fsp3) is 0.250. The van der Waals surface area contributed by atoms with E-state index in [1.807, 2.05) is 25.1 Å². The first kappa shape index (κ1) is 7.09. The van der Waals surface area contributed by atoms with Gasteiger partial charge in [0.05, 0.1) is 0 Å². The highest BCUT2D eigenvalue weighted by atomic mass is 16.6. The van der Waals surface area contributed by atoms with E-state index in [0.29, 0.717) is 5.75 Å². The van der Waals surface area contributed by atoms with Crippen molar-refractivity contribution in [3.8, 4) is 5.75 Å². The molecule has 0 aromatic heterocycles. The number of hydrogen-bond donors (Lipinski definition) is 0. The molecule has 0 saturated carbocycles. The first-order chi connectivity index (χ1) is 4.84. The van der Waals surface area contributed by atoms with Gasteiger partial charge in [0.25, 0.3) is 0 Å². The van der Waals surface area contributed by atoms with Crippen molar-refractivity contribution in [2.24, 2.45) is 0 Å². The third-order valence-corrected chi connectivity index (χ3v) is 1.31. The molecule has 0 fully saturated rings. The number of rotatable bonds is 2. The number of para-hydroxylation sites is 1. The van der Waals surface area contributed by atoms with Crippen molar-refractivity contribution in [3.63, 3.8) is 0 Å². The van der Waals surface area contributed by atoms with E-state index in [-0.39, 0.29) is 0 Å². The molecule has 0 amide bonds. The monoisotopic (exact) mass is 137 g/mol. The van der Waals surface area contributed by atoms with Crippen molar-refractivity contribution < 1.29 is 9.84 Å². The molecule has 0 atom stereocenters. The van der Waals surface area contributed by atoms with Gasteiger partial charge < -0.3 is 9.84 Å². The van der Waals surface area contributed by atoms with Crippen molar-refractivity contribution in [1.29, 1.82) is 0 Å². The second kappa shape index (κ2) is 3.22. The molecule has 0 aliphatic carbocycles. The molecule has 1 aromatic carbocycles. The molecular formula is C8H9O2-. The van der Waals surface area contributed by atoms with Crippen molar-refractivity contribution in [2.45, 2.75) is 6.92 Å². The average molecular weight is 137 g/mol. The maximum Gasteiger partial charge on any atom is 0.120 e. The normalized spacial score (nSPS) is 9.40. The van der Waals surface area contributed by atoms with Gasteiger partial charge >= 0.3 is 0 Å². The lowest BCUT2D eigenvalue weighted by molar-refractivity contribution is -0.413.